The van der Waals surface area contributed by atoms with Gasteiger partial charge in [-0.1, -0.05) is 12.8 Å². The van der Waals surface area contributed by atoms with E-state index in [1.165, 1.54) is 25.7 Å². The van der Waals surface area contributed by atoms with Crippen molar-refractivity contribution in [2.75, 3.05) is 6.61 Å². The fraction of sp³-hybridized carbons (Fsp3) is 0.917. The summed E-state index contributed by atoms with van der Waals surface area (Å²) in [6.07, 6.45) is 5.53. The second kappa shape index (κ2) is 4.72. The highest BCUT2D eigenvalue weighted by atomic mass is 16.7. The average Bonchev–Trinajstić information content (AvgIpc) is 2.84. The monoisotopic (exact) mass is 228 g/mol. The summed E-state index contributed by atoms with van der Waals surface area (Å²) in [7, 11) is 0. The molecule has 0 amide bonds. The van der Waals surface area contributed by atoms with Crippen molar-refractivity contribution >= 4 is 5.97 Å². The van der Waals surface area contributed by atoms with E-state index in [-0.39, 0.29) is 12.5 Å². The number of carboxylic acids is 1. The molecule has 92 valence electrons. The summed E-state index contributed by atoms with van der Waals surface area (Å²) in [5, 5.41) is 8.62. The summed E-state index contributed by atoms with van der Waals surface area (Å²) >= 11 is 0. The van der Waals surface area contributed by atoms with Crippen LogP contribution in [0, 0.1) is 5.92 Å². The minimum Gasteiger partial charge on any atom is -0.481 e. The molecule has 1 heterocycles. The number of hydrogen-bond donors (Lipinski definition) is 1. The molecular formula is C12H20O4. The number of carbonyl (C=O) groups is 1. The van der Waals surface area contributed by atoms with Crippen LogP contribution in [0.5, 0.6) is 0 Å². The highest BCUT2D eigenvalue weighted by molar-refractivity contribution is 5.66. The summed E-state index contributed by atoms with van der Waals surface area (Å²) in [6.45, 7) is 2.55. The molecule has 1 N–H and O–H groups in total. The van der Waals surface area contributed by atoms with Gasteiger partial charge in [-0.25, -0.2) is 0 Å². The van der Waals surface area contributed by atoms with Crippen LogP contribution in [0.1, 0.15) is 45.4 Å². The van der Waals surface area contributed by atoms with E-state index >= 15 is 0 Å². The molecule has 0 spiro atoms. The fourth-order valence-electron chi connectivity index (χ4n) is 2.75. The molecular weight excluding hydrogens is 208 g/mol. The molecule has 1 aliphatic heterocycles. The second-order valence-corrected chi connectivity index (χ2v) is 4.98. The van der Waals surface area contributed by atoms with Crippen LogP contribution in [0.2, 0.25) is 0 Å². The van der Waals surface area contributed by atoms with E-state index in [9.17, 15) is 4.79 Å². The Kier molecular flexibility index (Phi) is 3.50. The maximum atomic E-state index is 10.5. The lowest BCUT2D eigenvalue weighted by molar-refractivity contribution is -0.190. The Balaban J connectivity index is 1.83. The maximum Gasteiger partial charge on any atom is 0.303 e. The predicted molar refractivity (Wildman–Crippen MR) is 58.1 cm³/mol. The zero-order valence-electron chi connectivity index (χ0n) is 9.78. The lowest BCUT2D eigenvalue weighted by atomic mass is 9.98. The average molecular weight is 228 g/mol. The zero-order valence-corrected chi connectivity index (χ0v) is 9.78. The van der Waals surface area contributed by atoms with Gasteiger partial charge in [-0.15, -0.1) is 0 Å². The van der Waals surface area contributed by atoms with Crippen molar-refractivity contribution in [2.24, 2.45) is 5.92 Å². The Morgan fingerprint density at radius 2 is 2.12 bits per heavy atom. The van der Waals surface area contributed by atoms with Crippen LogP contribution in [0.3, 0.4) is 0 Å². The van der Waals surface area contributed by atoms with Crippen LogP contribution in [0.15, 0.2) is 0 Å². The van der Waals surface area contributed by atoms with E-state index in [1.807, 2.05) is 6.92 Å². The van der Waals surface area contributed by atoms with Crippen molar-refractivity contribution in [1.82, 2.24) is 0 Å². The molecule has 4 nitrogen and oxygen atoms in total. The van der Waals surface area contributed by atoms with Crippen LogP contribution >= 0.6 is 0 Å². The lowest BCUT2D eigenvalue weighted by Gasteiger charge is -2.29. The van der Waals surface area contributed by atoms with E-state index in [1.54, 1.807) is 0 Å². The summed E-state index contributed by atoms with van der Waals surface area (Å²) in [4.78, 5) is 10.5. The van der Waals surface area contributed by atoms with Crippen LogP contribution < -0.4 is 0 Å². The quantitative estimate of drug-likeness (QED) is 0.801. The SMILES string of the molecule is CC1(C2CCCC2)OCC(CCC(=O)O)O1. The van der Waals surface area contributed by atoms with E-state index in [2.05, 4.69) is 0 Å². The topological polar surface area (TPSA) is 55.8 Å². The first-order valence-electron chi connectivity index (χ1n) is 6.14. The molecule has 2 rings (SSSR count). The van der Waals surface area contributed by atoms with Gasteiger partial charge in [-0.3, -0.25) is 4.79 Å². The first-order chi connectivity index (χ1) is 7.60. The number of hydrogen-bond acceptors (Lipinski definition) is 3. The Hall–Kier alpha value is -0.610. The van der Waals surface area contributed by atoms with Crippen LogP contribution in [-0.4, -0.2) is 29.6 Å². The van der Waals surface area contributed by atoms with Crippen LogP contribution in [-0.2, 0) is 14.3 Å². The molecule has 0 aromatic carbocycles. The lowest BCUT2D eigenvalue weighted by Crippen LogP contribution is -2.35. The van der Waals surface area contributed by atoms with Gasteiger partial charge in [-0.05, 0) is 26.2 Å². The number of rotatable bonds is 4. The Morgan fingerprint density at radius 1 is 1.44 bits per heavy atom. The minimum absolute atomic E-state index is 0.0401. The Labute approximate surface area is 95.9 Å². The van der Waals surface area contributed by atoms with E-state index in [0.29, 0.717) is 18.9 Å². The molecule has 1 aliphatic carbocycles. The number of carboxylic acid groups (broad SMARTS) is 1. The molecule has 16 heavy (non-hydrogen) atoms. The normalized spacial score (nSPS) is 35.7. The van der Waals surface area contributed by atoms with Gasteiger partial charge in [0.1, 0.15) is 0 Å². The summed E-state index contributed by atoms with van der Waals surface area (Å²) in [6, 6.07) is 0. The van der Waals surface area contributed by atoms with Gasteiger partial charge in [0.25, 0.3) is 0 Å². The van der Waals surface area contributed by atoms with Gasteiger partial charge < -0.3 is 14.6 Å². The number of aliphatic carboxylic acids is 1. The van der Waals surface area contributed by atoms with Crippen molar-refractivity contribution in [3.8, 4) is 0 Å². The standard InChI is InChI=1S/C12H20O4/c1-12(9-4-2-3-5-9)15-8-10(16-12)6-7-11(13)14/h9-10H,2-8H2,1H3,(H,13,14). The summed E-state index contributed by atoms with van der Waals surface area (Å²) in [5.41, 5.74) is 0. The van der Waals surface area contributed by atoms with E-state index < -0.39 is 11.8 Å². The van der Waals surface area contributed by atoms with Crippen molar-refractivity contribution < 1.29 is 19.4 Å². The highest BCUT2D eigenvalue weighted by Crippen LogP contribution is 2.41. The molecule has 2 aliphatic rings. The third kappa shape index (κ3) is 2.55. The fourth-order valence-corrected chi connectivity index (χ4v) is 2.75. The first-order valence-corrected chi connectivity index (χ1v) is 6.14. The molecule has 0 aromatic heterocycles. The van der Waals surface area contributed by atoms with Gasteiger partial charge in [-0.2, -0.15) is 0 Å². The molecule has 2 unspecified atom stereocenters. The van der Waals surface area contributed by atoms with Crippen molar-refractivity contribution in [2.45, 2.75) is 57.3 Å². The van der Waals surface area contributed by atoms with Gasteiger partial charge in [0.05, 0.1) is 12.7 Å². The van der Waals surface area contributed by atoms with Gasteiger partial charge in [0.2, 0.25) is 0 Å². The van der Waals surface area contributed by atoms with Gasteiger partial charge >= 0.3 is 5.97 Å². The minimum atomic E-state index is -0.766. The van der Waals surface area contributed by atoms with Crippen molar-refractivity contribution in [1.29, 1.82) is 0 Å². The smallest absolute Gasteiger partial charge is 0.303 e. The molecule has 2 fully saturated rings. The van der Waals surface area contributed by atoms with Crippen LogP contribution in [0.4, 0.5) is 0 Å². The summed E-state index contributed by atoms with van der Waals surface area (Å²) in [5.74, 6) is -0.736. The van der Waals surface area contributed by atoms with Crippen LogP contribution in [0.25, 0.3) is 0 Å². The highest BCUT2D eigenvalue weighted by Gasteiger charge is 2.44. The molecule has 0 aromatic rings. The molecule has 0 bridgehead atoms. The molecule has 2 atom stereocenters. The molecule has 1 saturated heterocycles. The predicted octanol–water partition coefficient (Wildman–Crippen LogP) is 2.17. The third-order valence-electron chi connectivity index (χ3n) is 3.73. The van der Waals surface area contributed by atoms with E-state index in [0.717, 1.165) is 0 Å². The molecule has 1 saturated carbocycles. The van der Waals surface area contributed by atoms with Crippen molar-refractivity contribution in [3.05, 3.63) is 0 Å². The third-order valence-corrected chi connectivity index (χ3v) is 3.73. The summed E-state index contributed by atoms with van der Waals surface area (Å²) < 4.78 is 11.7. The van der Waals surface area contributed by atoms with E-state index in [4.69, 9.17) is 14.6 Å². The number of ether oxygens (including phenoxy) is 2. The molecule has 0 radical (unpaired) electrons. The Bertz CT molecular complexity index is 260. The molecule has 4 heteroatoms. The van der Waals surface area contributed by atoms with Crippen molar-refractivity contribution in [3.63, 3.8) is 0 Å². The maximum absolute atomic E-state index is 10.5. The Morgan fingerprint density at radius 3 is 2.75 bits per heavy atom. The second-order valence-electron chi connectivity index (χ2n) is 4.98. The largest absolute Gasteiger partial charge is 0.481 e. The van der Waals surface area contributed by atoms with Gasteiger partial charge in [0, 0.05) is 12.3 Å². The first kappa shape index (κ1) is 11.9. The zero-order chi connectivity index (χ0) is 11.6. The van der Waals surface area contributed by atoms with Gasteiger partial charge in [0.15, 0.2) is 5.79 Å².